The number of carbonyl (C=O) groups is 1. The summed E-state index contributed by atoms with van der Waals surface area (Å²) in [7, 11) is 0. The zero-order valence-electron chi connectivity index (χ0n) is 12.4. The summed E-state index contributed by atoms with van der Waals surface area (Å²) in [4.78, 5) is 11.6. The van der Waals surface area contributed by atoms with Crippen molar-refractivity contribution < 1.29 is 9.53 Å². The third-order valence-corrected chi connectivity index (χ3v) is 2.82. The van der Waals surface area contributed by atoms with Crippen LogP contribution in [-0.2, 0) is 4.79 Å². The van der Waals surface area contributed by atoms with Gasteiger partial charge in [0.05, 0.1) is 19.2 Å². The van der Waals surface area contributed by atoms with E-state index in [0.717, 1.165) is 17.7 Å². The largest absolute Gasteiger partial charge is 0.494 e. The van der Waals surface area contributed by atoms with Gasteiger partial charge in [0.2, 0.25) is 5.91 Å². The molecular weight excluding hydrogens is 276 g/mol. The van der Waals surface area contributed by atoms with Crippen molar-refractivity contribution in [2.45, 2.75) is 33.2 Å². The van der Waals surface area contributed by atoms with Crippen LogP contribution in [0.15, 0.2) is 24.3 Å². The molecule has 1 aromatic rings. The predicted molar refractivity (Wildman–Crippen MR) is 84.3 cm³/mol. The van der Waals surface area contributed by atoms with Crippen LogP contribution in [0.4, 0.5) is 0 Å². The Morgan fingerprint density at radius 1 is 1.35 bits per heavy atom. The Kier molecular flexibility index (Phi) is 9.01. The van der Waals surface area contributed by atoms with Crippen molar-refractivity contribution in [1.29, 1.82) is 0 Å². The van der Waals surface area contributed by atoms with Gasteiger partial charge in [0.15, 0.2) is 0 Å². The van der Waals surface area contributed by atoms with Crippen LogP contribution >= 0.6 is 12.4 Å². The zero-order chi connectivity index (χ0) is 14.3. The zero-order valence-corrected chi connectivity index (χ0v) is 13.2. The molecule has 1 aromatic carbocycles. The average Bonchev–Trinajstić information content (AvgIpc) is 2.38. The monoisotopic (exact) mass is 300 g/mol. The minimum Gasteiger partial charge on any atom is -0.494 e. The smallest absolute Gasteiger partial charge is 0.234 e. The van der Waals surface area contributed by atoms with E-state index in [1.807, 2.05) is 31.2 Å². The SMILES string of the molecule is CCOc1ccccc1C(CC(C)C)NC(=O)CN.Cl. The number of para-hydroxylation sites is 1. The molecule has 1 rings (SSSR count). The summed E-state index contributed by atoms with van der Waals surface area (Å²) in [6.45, 7) is 6.82. The second-order valence-corrected chi connectivity index (χ2v) is 4.92. The molecule has 1 amide bonds. The molecule has 0 aliphatic rings. The van der Waals surface area contributed by atoms with Crippen LogP contribution in [0.3, 0.4) is 0 Å². The van der Waals surface area contributed by atoms with E-state index in [1.54, 1.807) is 0 Å². The van der Waals surface area contributed by atoms with Gasteiger partial charge < -0.3 is 15.8 Å². The molecule has 0 aromatic heterocycles. The van der Waals surface area contributed by atoms with Crippen LogP contribution in [0.25, 0.3) is 0 Å². The number of amides is 1. The standard InChI is InChI=1S/C15H24N2O2.ClH/c1-4-19-14-8-6-5-7-12(14)13(9-11(2)3)17-15(18)10-16;/h5-8,11,13H,4,9-10,16H2,1-3H3,(H,17,18);1H. The number of benzene rings is 1. The van der Waals surface area contributed by atoms with Gasteiger partial charge in [-0.1, -0.05) is 32.0 Å². The minimum absolute atomic E-state index is 0. The van der Waals surface area contributed by atoms with Gasteiger partial charge in [0.1, 0.15) is 5.75 Å². The molecule has 0 fully saturated rings. The number of hydrogen-bond acceptors (Lipinski definition) is 3. The first-order chi connectivity index (χ1) is 9.08. The molecule has 1 atom stereocenters. The Balaban J connectivity index is 0.00000361. The molecule has 4 nitrogen and oxygen atoms in total. The summed E-state index contributed by atoms with van der Waals surface area (Å²) >= 11 is 0. The minimum atomic E-state index is -0.142. The van der Waals surface area contributed by atoms with Crippen LogP contribution in [0.5, 0.6) is 5.75 Å². The number of carbonyl (C=O) groups excluding carboxylic acids is 1. The Bertz CT molecular complexity index is 411. The van der Waals surface area contributed by atoms with Crippen LogP contribution < -0.4 is 15.8 Å². The molecule has 0 saturated carbocycles. The first kappa shape index (κ1) is 18.7. The lowest BCUT2D eigenvalue weighted by Crippen LogP contribution is -2.34. The second kappa shape index (κ2) is 9.61. The van der Waals surface area contributed by atoms with Gasteiger partial charge in [-0.05, 0) is 25.3 Å². The molecule has 0 aliphatic carbocycles. The Morgan fingerprint density at radius 2 is 2.00 bits per heavy atom. The maximum absolute atomic E-state index is 11.6. The van der Waals surface area contributed by atoms with Crippen LogP contribution in [0, 0.1) is 5.92 Å². The summed E-state index contributed by atoms with van der Waals surface area (Å²) < 4.78 is 5.63. The van der Waals surface area contributed by atoms with Crippen molar-refractivity contribution in [3.05, 3.63) is 29.8 Å². The second-order valence-electron chi connectivity index (χ2n) is 4.92. The fourth-order valence-corrected chi connectivity index (χ4v) is 2.04. The lowest BCUT2D eigenvalue weighted by Gasteiger charge is -2.23. The van der Waals surface area contributed by atoms with Crippen LogP contribution in [0.1, 0.15) is 38.8 Å². The Morgan fingerprint density at radius 3 is 2.55 bits per heavy atom. The lowest BCUT2D eigenvalue weighted by atomic mass is 9.96. The van der Waals surface area contributed by atoms with Crippen molar-refractivity contribution in [3.63, 3.8) is 0 Å². The summed E-state index contributed by atoms with van der Waals surface area (Å²) in [5.41, 5.74) is 6.40. The molecule has 114 valence electrons. The van der Waals surface area contributed by atoms with Gasteiger partial charge >= 0.3 is 0 Å². The molecular formula is C15H25ClN2O2. The number of nitrogens with one attached hydrogen (secondary N) is 1. The summed E-state index contributed by atoms with van der Waals surface area (Å²) in [5.74, 6) is 1.16. The summed E-state index contributed by atoms with van der Waals surface area (Å²) in [6.07, 6.45) is 0.857. The maximum atomic E-state index is 11.6. The normalized spacial score (nSPS) is 11.7. The molecule has 0 bridgehead atoms. The van der Waals surface area contributed by atoms with E-state index in [9.17, 15) is 4.79 Å². The fraction of sp³-hybridized carbons (Fsp3) is 0.533. The van der Waals surface area contributed by atoms with Crippen LogP contribution in [-0.4, -0.2) is 19.1 Å². The highest BCUT2D eigenvalue weighted by atomic mass is 35.5. The number of rotatable bonds is 7. The predicted octanol–water partition coefficient (Wildman–Crippen LogP) is 2.67. The molecule has 20 heavy (non-hydrogen) atoms. The third-order valence-electron chi connectivity index (χ3n) is 2.82. The fourth-order valence-electron chi connectivity index (χ4n) is 2.04. The van der Waals surface area contributed by atoms with E-state index in [0.29, 0.717) is 12.5 Å². The van der Waals surface area contributed by atoms with Crippen molar-refractivity contribution >= 4 is 18.3 Å². The quantitative estimate of drug-likeness (QED) is 0.813. The van der Waals surface area contributed by atoms with Gasteiger partial charge in [-0.15, -0.1) is 12.4 Å². The average molecular weight is 301 g/mol. The van der Waals surface area contributed by atoms with E-state index in [2.05, 4.69) is 19.2 Å². The van der Waals surface area contributed by atoms with E-state index in [-0.39, 0.29) is 30.9 Å². The van der Waals surface area contributed by atoms with E-state index in [1.165, 1.54) is 0 Å². The highest BCUT2D eigenvalue weighted by molar-refractivity contribution is 5.85. The molecule has 0 saturated heterocycles. The van der Waals surface area contributed by atoms with E-state index >= 15 is 0 Å². The maximum Gasteiger partial charge on any atom is 0.234 e. The Hall–Kier alpha value is -1.26. The van der Waals surface area contributed by atoms with E-state index in [4.69, 9.17) is 10.5 Å². The molecule has 5 heteroatoms. The van der Waals surface area contributed by atoms with Crippen molar-refractivity contribution in [3.8, 4) is 5.75 Å². The highest BCUT2D eigenvalue weighted by Gasteiger charge is 2.19. The van der Waals surface area contributed by atoms with Crippen LogP contribution in [0.2, 0.25) is 0 Å². The van der Waals surface area contributed by atoms with Crippen molar-refractivity contribution in [1.82, 2.24) is 5.32 Å². The molecule has 0 aliphatic heterocycles. The first-order valence-corrected chi connectivity index (χ1v) is 6.79. The van der Waals surface area contributed by atoms with E-state index < -0.39 is 0 Å². The molecule has 0 heterocycles. The number of halogens is 1. The summed E-state index contributed by atoms with van der Waals surface area (Å²) in [5, 5.41) is 2.97. The van der Waals surface area contributed by atoms with Gasteiger partial charge in [-0.2, -0.15) is 0 Å². The number of hydrogen-bond donors (Lipinski definition) is 2. The number of ether oxygens (including phenoxy) is 1. The van der Waals surface area contributed by atoms with Gasteiger partial charge in [0, 0.05) is 5.56 Å². The Labute approximate surface area is 127 Å². The lowest BCUT2D eigenvalue weighted by molar-refractivity contribution is -0.120. The number of nitrogens with two attached hydrogens (primary N) is 1. The molecule has 0 radical (unpaired) electrons. The van der Waals surface area contributed by atoms with Crippen molar-refractivity contribution in [2.75, 3.05) is 13.2 Å². The highest BCUT2D eigenvalue weighted by Crippen LogP contribution is 2.29. The van der Waals surface area contributed by atoms with Crippen molar-refractivity contribution in [2.24, 2.45) is 11.7 Å². The van der Waals surface area contributed by atoms with Gasteiger partial charge in [-0.25, -0.2) is 0 Å². The molecule has 1 unspecified atom stereocenters. The molecule has 3 N–H and O–H groups in total. The molecule has 0 spiro atoms. The van der Waals surface area contributed by atoms with Gasteiger partial charge in [0.25, 0.3) is 0 Å². The summed E-state index contributed by atoms with van der Waals surface area (Å²) in [6, 6.07) is 7.76. The topological polar surface area (TPSA) is 64.3 Å². The third kappa shape index (κ3) is 5.80. The van der Waals surface area contributed by atoms with Gasteiger partial charge in [-0.3, -0.25) is 4.79 Å². The first-order valence-electron chi connectivity index (χ1n) is 6.79.